The first-order chi connectivity index (χ1) is 10.5. The lowest BCUT2D eigenvalue weighted by molar-refractivity contribution is 0.0849. The summed E-state index contributed by atoms with van der Waals surface area (Å²) in [6, 6.07) is 7.64. The van der Waals surface area contributed by atoms with Crippen LogP contribution in [0.2, 0.25) is 0 Å². The molecule has 0 aliphatic heterocycles. The Kier molecular flexibility index (Phi) is 5.69. The Balaban J connectivity index is 2.04. The van der Waals surface area contributed by atoms with E-state index in [0.717, 1.165) is 17.0 Å². The van der Waals surface area contributed by atoms with E-state index in [1.807, 2.05) is 44.4 Å². The highest BCUT2D eigenvalue weighted by Crippen LogP contribution is 2.23. The maximum absolute atomic E-state index is 12.2. The van der Waals surface area contributed by atoms with E-state index >= 15 is 0 Å². The normalized spacial score (nSPS) is 13.6. The third-order valence-electron chi connectivity index (χ3n) is 3.88. The number of thiophene rings is 1. The van der Waals surface area contributed by atoms with Crippen molar-refractivity contribution in [3.63, 3.8) is 0 Å². The number of rotatable bonds is 6. The molecule has 2 atom stereocenters. The van der Waals surface area contributed by atoms with Gasteiger partial charge in [0, 0.05) is 6.54 Å². The zero-order chi connectivity index (χ0) is 16.1. The van der Waals surface area contributed by atoms with Gasteiger partial charge in [-0.3, -0.25) is 9.78 Å². The maximum Gasteiger partial charge on any atom is 0.253 e. The molecule has 5 heteroatoms. The predicted octanol–water partition coefficient (Wildman–Crippen LogP) is 3.26. The van der Waals surface area contributed by atoms with Crippen LogP contribution in [0.3, 0.4) is 0 Å². The Bertz CT molecular complexity index is 626. The second-order valence-electron chi connectivity index (χ2n) is 5.47. The van der Waals surface area contributed by atoms with Gasteiger partial charge in [-0.15, -0.1) is 11.3 Å². The van der Waals surface area contributed by atoms with E-state index in [4.69, 9.17) is 0 Å². The smallest absolute Gasteiger partial charge is 0.253 e. The highest BCUT2D eigenvalue weighted by atomic mass is 32.1. The van der Waals surface area contributed by atoms with Crippen LogP contribution in [0.1, 0.15) is 36.3 Å². The number of pyridine rings is 1. The first-order valence-corrected chi connectivity index (χ1v) is 8.38. The lowest BCUT2D eigenvalue weighted by atomic mass is 10.0. The van der Waals surface area contributed by atoms with Gasteiger partial charge < -0.3 is 10.4 Å². The minimum atomic E-state index is -0.521. The van der Waals surface area contributed by atoms with Crippen molar-refractivity contribution in [1.82, 2.24) is 10.3 Å². The van der Waals surface area contributed by atoms with E-state index < -0.39 is 6.10 Å². The molecule has 2 heterocycles. The van der Waals surface area contributed by atoms with E-state index in [9.17, 15) is 9.90 Å². The van der Waals surface area contributed by atoms with Crippen molar-refractivity contribution in [2.24, 2.45) is 5.92 Å². The Hall–Kier alpha value is -1.72. The maximum atomic E-state index is 12.2. The minimum Gasteiger partial charge on any atom is -0.391 e. The third-order valence-corrected chi connectivity index (χ3v) is 4.77. The quantitative estimate of drug-likeness (QED) is 0.859. The van der Waals surface area contributed by atoms with Crippen molar-refractivity contribution in [2.75, 3.05) is 6.54 Å². The minimum absolute atomic E-state index is 0.167. The average Bonchev–Trinajstić information content (AvgIpc) is 3.05. The first kappa shape index (κ1) is 16.6. The molecule has 2 aromatic rings. The van der Waals surface area contributed by atoms with Crippen LogP contribution in [0.15, 0.2) is 29.6 Å². The molecule has 0 saturated heterocycles. The molecule has 0 spiro atoms. The van der Waals surface area contributed by atoms with Gasteiger partial charge in [0.2, 0.25) is 0 Å². The molecule has 1 amide bonds. The van der Waals surface area contributed by atoms with Crippen LogP contribution in [0.5, 0.6) is 0 Å². The van der Waals surface area contributed by atoms with Crippen LogP contribution >= 0.6 is 11.3 Å². The summed E-state index contributed by atoms with van der Waals surface area (Å²) in [4.78, 5) is 17.8. The molecular weight excluding hydrogens is 296 g/mol. The third kappa shape index (κ3) is 3.93. The van der Waals surface area contributed by atoms with Gasteiger partial charge in [0.1, 0.15) is 0 Å². The lowest BCUT2D eigenvalue weighted by Crippen LogP contribution is -2.35. The summed E-state index contributed by atoms with van der Waals surface area (Å²) in [6.45, 7) is 6.09. The number of nitrogens with zero attached hydrogens (tertiary/aromatic N) is 1. The van der Waals surface area contributed by atoms with Crippen molar-refractivity contribution < 1.29 is 9.90 Å². The number of carbonyl (C=O) groups is 1. The molecule has 0 aliphatic rings. The van der Waals surface area contributed by atoms with Crippen LogP contribution in [0, 0.1) is 12.8 Å². The van der Waals surface area contributed by atoms with Gasteiger partial charge in [0.15, 0.2) is 0 Å². The Morgan fingerprint density at radius 1 is 1.41 bits per heavy atom. The molecule has 2 N–H and O–H groups in total. The number of aromatic nitrogens is 1. The van der Waals surface area contributed by atoms with Crippen molar-refractivity contribution >= 4 is 17.2 Å². The summed E-state index contributed by atoms with van der Waals surface area (Å²) in [5, 5.41) is 14.7. The zero-order valence-electron chi connectivity index (χ0n) is 13.2. The van der Waals surface area contributed by atoms with Gasteiger partial charge in [-0.05, 0) is 36.4 Å². The molecule has 0 radical (unpaired) electrons. The van der Waals surface area contributed by atoms with E-state index in [-0.39, 0.29) is 18.4 Å². The van der Waals surface area contributed by atoms with Crippen molar-refractivity contribution in [2.45, 2.75) is 33.3 Å². The number of nitrogens with one attached hydrogen (secondary N) is 1. The largest absolute Gasteiger partial charge is 0.391 e. The van der Waals surface area contributed by atoms with E-state index in [1.54, 1.807) is 17.4 Å². The molecule has 2 rings (SSSR count). The van der Waals surface area contributed by atoms with Gasteiger partial charge >= 0.3 is 0 Å². The molecule has 0 saturated carbocycles. The van der Waals surface area contributed by atoms with Gasteiger partial charge in [-0.1, -0.05) is 26.3 Å². The highest BCUT2D eigenvalue weighted by molar-refractivity contribution is 7.13. The SMILES string of the molecule is CCC(C)C(O)CNC(=O)c1ccc(-c2cccs2)nc1C. The summed E-state index contributed by atoms with van der Waals surface area (Å²) in [6.07, 6.45) is 0.361. The molecule has 4 nitrogen and oxygen atoms in total. The second kappa shape index (κ2) is 7.51. The van der Waals surface area contributed by atoms with Gasteiger partial charge in [-0.2, -0.15) is 0 Å². The highest BCUT2D eigenvalue weighted by Gasteiger charge is 2.16. The topological polar surface area (TPSA) is 62.2 Å². The molecule has 2 unspecified atom stereocenters. The van der Waals surface area contributed by atoms with Crippen molar-refractivity contribution in [3.8, 4) is 10.6 Å². The van der Waals surface area contributed by atoms with E-state index in [1.165, 1.54) is 0 Å². The molecule has 2 aromatic heterocycles. The number of aliphatic hydroxyl groups is 1. The van der Waals surface area contributed by atoms with E-state index in [0.29, 0.717) is 11.3 Å². The van der Waals surface area contributed by atoms with Gasteiger partial charge in [-0.25, -0.2) is 0 Å². The summed E-state index contributed by atoms with van der Waals surface area (Å²) >= 11 is 1.62. The number of hydrogen-bond donors (Lipinski definition) is 2. The fourth-order valence-corrected chi connectivity index (χ4v) is 2.82. The predicted molar refractivity (Wildman–Crippen MR) is 90.1 cm³/mol. The molecule has 0 fully saturated rings. The second-order valence-corrected chi connectivity index (χ2v) is 6.42. The van der Waals surface area contributed by atoms with Crippen molar-refractivity contribution in [3.05, 3.63) is 40.9 Å². The number of amides is 1. The summed E-state index contributed by atoms with van der Waals surface area (Å²) < 4.78 is 0. The first-order valence-electron chi connectivity index (χ1n) is 7.50. The fraction of sp³-hybridized carbons (Fsp3) is 0.412. The molecular formula is C17H22N2O2S. The Labute approximate surface area is 135 Å². The monoisotopic (exact) mass is 318 g/mol. The van der Waals surface area contributed by atoms with Gasteiger partial charge in [0.25, 0.3) is 5.91 Å². The summed E-state index contributed by atoms with van der Waals surface area (Å²) in [5.74, 6) is -0.0224. The van der Waals surface area contributed by atoms with Gasteiger partial charge in [0.05, 0.1) is 27.9 Å². The summed E-state index contributed by atoms with van der Waals surface area (Å²) in [5.41, 5.74) is 2.13. The van der Waals surface area contributed by atoms with E-state index in [2.05, 4.69) is 10.3 Å². The van der Waals surface area contributed by atoms with Crippen LogP contribution in [-0.4, -0.2) is 28.6 Å². The zero-order valence-corrected chi connectivity index (χ0v) is 14.0. The molecule has 0 aromatic carbocycles. The van der Waals surface area contributed by atoms with Crippen molar-refractivity contribution in [1.29, 1.82) is 0 Å². The van der Waals surface area contributed by atoms with Crippen LogP contribution in [-0.2, 0) is 0 Å². The number of carbonyl (C=O) groups excluding carboxylic acids is 1. The molecule has 0 aliphatic carbocycles. The summed E-state index contributed by atoms with van der Waals surface area (Å²) in [7, 11) is 0. The number of aryl methyl sites for hydroxylation is 1. The standard InChI is InChI=1S/C17H22N2O2S/c1-4-11(2)15(20)10-18-17(21)13-7-8-14(19-12(13)3)16-6-5-9-22-16/h5-9,11,15,20H,4,10H2,1-3H3,(H,18,21). The Morgan fingerprint density at radius 3 is 2.77 bits per heavy atom. The van der Waals surface area contributed by atoms with Crippen LogP contribution in [0.4, 0.5) is 0 Å². The lowest BCUT2D eigenvalue weighted by Gasteiger charge is -2.17. The molecule has 0 bridgehead atoms. The van der Waals surface area contributed by atoms with Crippen LogP contribution < -0.4 is 5.32 Å². The fourth-order valence-electron chi connectivity index (χ4n) is 2.13. The average molecular weight is 318 g/mol. The number of hydrogen-bond acceptors (Lipinski definition) is 4. The molecule has 22 heavy (non-hydrogen) atoms. The molecule has 118 valence electrons. The van der Waals surface area contributed by atoms with Crippen LogP contribution in [0.25, 0.3) is 10.6 Å². The number of aliphatic hydroxyl groups excluding tert-OH is 1. The Morgan fingerprint density at radius 2 is 2.18 bits per heavy atom.